The van der Waals surface area contributed by atoms with E-state index in [4.69, 9.17) is 0 Å². The van der Waals surface area contributed by atoms with E-state index >= 15 is 0 Å². The largest absolute Gasteiger partial charge is 0.331 e. The van der Waals surface area contributed by atoms with Crippen molar-refractivity contribution in [2.75, 3.05) is 0 Å². The second-order valence-corrected chi connectivity index (χ2v) is 5.91. The number of aromatic nitrogens is 2. The molecule has 1 atom stereocenters. The minimum atomic E-state index is 0.622. The van der Waals surface area contributed by atoms with Gasteiger partial charge < -0.3 is 4.57 Å². The highest BCUT2D eigenvalue weighted by molar-refractivity contribution is 9.10. The van der Waals surface area contributed by atoms with Crippen LogP contribution in [0.1, 0.15) is 35.0 Å². The van der Waals surface area contributed by atoms with E-state index in [2.05, 4.69) is 63.6 Å². The standard InChI is InChI=1S/C15H17BrN2/c1-10-4-3-5-12(8-10)13-6-7-14-15(16)17-11(2)18(14)9-13/h3-5,8,13H,6-7,9H2,1-2H3. The Kier molecular flexibility index (Phi) is 3.02. The zero-order chi connectivity index (χ0) is 12.7. The van der Waals surface area contributed by atoms with E-state index in [0.29, 0.717) is 5.92 Å². The molecule has 0 amide bonds. The van der Waals surface area contributed by atoms with Gasteiger partial charge in [-0.05, 0) is 48.2 Å². The summed E-state index contributed by atoms with van der Waals surface area (Å²) < 4.78 is 3.39. The summed E-state index contributed by atoms with van der Waals surface area (Å²) >= 11 is 3.56. The molecule has 3 rings (SSSR count). The van der Waals surface area contributed by atoms with Crippen LogP contribution in [0.4, 0.5) is 0 Å². The summed E-state index contributed by atoms with van der Waals surface area (Å²) in [7, 11) is 0. The molecule has 0 bridgehead atoms. The zero-order valence-corrected chi connectivity index (χ0v) is 12.4. The molecule has 0 N–H and O–H groups in total. The molecule has 0 radical (unpaired) electrons. The molecule has 0 saturated carbocycles. The molecular weight excluding hydrogens is 288 g/mol. The molecule has 0 fully saturated rings. The molecule has 0 spiro atoms. The predicted octanol–water partition coefficient (Wildman–Crippen LogP) is 3.99. The van der Waals surface area contributed by atoms with Crippen molar-refractivity contribution in [3.63, 3.8) is 0 Å². The summed E-state index contributed by atoms with van der Waals surface area (Å²) in [6, 6.07) is 8.90. The van der Waals surface area contributed by atoms with Crippen LogP contribution in [-0.4, -0.2) is 9.55 Å². The fourth-order valence-electron chi connectivity index (χ4n) is 2.87. The third-order valence-electron chi connectivity index (χ3n) is 3.86. The third-order valence-corrected chi connectivity index (χ3v) is 4.50. The number of imidazole rings is 1. The molecule has 1 aliphatic rings. The molecule has 94 valence electrons. The van der Waals surface area contributed by atoms with Crippen molar-refractivity contribution in [3.8, 4) is 0 Å². The second kappa shape index (κ2) is 4.54. The van der Waals surface area contributed by atoms with Crippen LogP contribution in [0.25, 0.3) is 0 Å². The van der Waals surface area contributed by atoms with Gasteiger partial charge in [-0.1, -0.05) is 29.8 Å². The quantitative estimate of drug-likeness (QED) is 0.779. The topological polar surface area (TPSA) is 17.8 Å². The summed E-state index contributed by atoms with van der Waals surface area (Å²) in [4.78, 5) is 4.52. The van der Waals surface area contributed by atoms with Crippen LogP contribution in [0.15, 0.2) is 28.9 Å². The van der Waals surface area contributed by atoms with Gasteiger partial charge in [0.2, 0.25) is 0 Å². The first-order chi connectivity index (χ1) is 8.65. The van der Waals surface area contributed by atoms with Gasteiger partial charge in [0.15, 0.2) is 0 Å². The van der Waals surface area contributed by atoms with Gasteiger partial charge in [0.05, 0.1) is 5.69 Å². The number of fused-ring (bicyclic) bond motifs is 1. The minimum Gasteiger partial charge on any atom is -0.331 e. The molecule has 2 nitrogen and oxygen atoms in total. The minimum absolute atomic E-state index is 0.622. The molecule has 18 heavy (non-hydrogen) atoms. The summed E-state index contributed by atoms with van der Waals surface area (Å²) in [5, 5.41) is 0. The van der Waals surface area contributed by atoms with Crippen LogP contribution in [0, 0.1) is 13.8 Å². The molecule has 1 aromatic heterocycles. The van der Waals surface area contributed by atoms with Crippen molar-refractivity contribution in [2.45, 2.75) is 39.2 Å². The number of rotatable bonds is 1. The maximum atomic E-state index is 4.52. The van der Waals surface area contributed by atoms with Gasteiger partial charge in [-0.3, -0.25) is 0 Å². The van der Waals surface area contributed by atoms with E-state index in [9.17, 15) is 0 Å². The second-order valence-electron chi connectivity index (χ2n) is 5.16. The van der Waals surface area contributed by atoms with Gasteiger partial charge in [0.25, 0.3) is 0 Å². The van der Waals surface area contributed by atoms with Gasteiger partial charge in [0.1, 0.15) is 10.4 Å². The molecule has 1 aliphatic heterocycles. The van der Waals surface area contributed by atoms with Gasteiger partial charge >= 0.3 is 0 Å². The Morgan fingerprint density at radius 2 is 2.17 bits per heavy atom. The van der Waals surface area contributed by atoms with E-state index in [1.807, 2.05) is 0 Å². The van der Waals surface area contributed by atoms with Crippen molar-refractivity contribution >= 4 is 15.9 Å². The lowest BCUT2D eigenvalue weighted by molar-refractivity contribution is 0.455. The lowest BCUT2D eigenvalue weighted by Gasteiger charge is -2.25. The zero-order valence-electron chi connectivity index (χ0n) is 10.8. The van der Waals surface area contributed by atoms with Crippen LogP contribution < -0.4 is 0 Å². The predicted molar refractivity (Wildman–Crippen MR) is 76.9 cm³/mol. The lowest BCUT2D eigenvalue weighted by atomic mass is 9.90. The van der Waals surface area contributed by atoms with Crippen LogP contribution in [0.2, 0.25) is 0 Å². The average Bonchev–Trinajstić information content (AvgIpc) is 2.65. The smallest absolute Gasteiger partial charge is 0.127 e. The molecule has 0 saturated heterocycles. The number of hydrogen-bond acceptors (Lipinski definition) is 1. The average molecular weight is 305 g/mol. The lowest BCUT2D eigenvalue weighted by Crippen LogP contribution is -2.19. The number of nitrogens with zero attached hydrogens (tertiary/aromatic N) is 2. The highest BCUT2D eigenvalue weighted by Crippen LogP contribution is 2.33. The Morgan fingerprint density at radius 3 is 2.94 bits per heavy atom. The summed E-state index contributed by atoms with van der Waals surface area (Å²) in [6.07, 6.45) is 2.33. The maximum Gasteiger partial charge on any atom is 0.127 e. The van der Waals surface area contributed by atoms with Crippen molar-refractivity contribution < 1.29 is 0 Å². The van der Waals surface area contributed by atoms with E-state index < -0.39 is 0 Å². The Morgan fingerprint density at radius 1 is 1.33 bits per heavy atom. The summed E-state index contributed by atoms with van der Waals surface area (Å²) in [5.41, 5.74) is 4.17. The van der Waals surface area contributed by atoms with E-state index in [0.717, 1.165) is 23.4 Å². The van der Waals surface area contributed by atoms with Crippen molar-refractivity contribution in [2.24, 2.45) is 0 Å². The first kappa shape index (κ1) is 12.0. The van der Waals surface area contributed by atoms with E-state index in [1.165, 1.54) is 23.2 Å². The Labute approximate surface area is 116 Å². The normalized spacial score (nSPS) is 18.7. The number of benzene rings is 1. The highest BCUT2D eigenvalue weighted by atomic mass is 79.9. The summed E-state index contributed by atoms with van der Waals surface area (Å²) in [6.45, 7) is 5.31. The first-order valence-electron chi connectivity index (χ1n) is 6.43. The van der Waals surface area contributed by atoms with Crippen LogP contribution in [0.3, 0.4) is 0 Å². The van der Waals surface area contributed by atoms with Gasteiger partial charge in [0, 0.05) is 12.5 Å². The Balaban J connectivity index is 1.93. The molecule has 2 aromatic rings. The fraction of sp³-hybridized carbons (Fsp3) is 0.400. The Hall–Kier alpha value is -1.09. The first-order valence-corrected chi connectivity index (χ1v) is 7.22. The van der Waals surface area contributed by atoms with Gasteiger partial charge in [-0.15, -0.1) is 0 Å². The molecule has 1 aromatic carbocycles. The van der Waals surface area contributed by atoms with Crippen molar-refractivity contribution in [1.82, 2.24) is 9.55 Å². The number of halogens is 1. The third kappa shape index (κ3) is 2.01. The van der Waals surface area contributed by atoms with Crippen molar-refractivity contribution in [1.29, 1.82) is 0 Å². The SMILES string of the molecule is Cc1cccc(C2CCc3c(Br)nc(C)n3C2)c1. The summed E-state index contributed by atoms with van der Waals surface area (Å²) in [5.74, 6) is 1.74. The van der Waals surface area contributed by atoms with E-state index in [-0.39, 0.29) is 0 Å². The fourth-order valence-corrected chi connectivity index (χ4v) is 3.54. The van der Waals surface area contributed by atoms with Gasteiger partial charge in [-0.2, -0.15) is 0 Å². The Bertz CT molecular complexity index is 586. The molecule has 3 heteroatoms. The number of hydrogen-bond donors (Lipinski definition) is 0. The van der Waals surface area contributed by atoms with Crippen LogP contribution in [0.5, 0.6) is 0 Å². The molecular formula is C15H17BrN2. The molecule has 0 aliphatic carbocycles. The van der Waals surface area contributed by atoms with Gasteiger partial charge in [-0.25, -0.2) is 4.98 Å². The van der Waals surface area contributed by atoms with E-state index in [1.54, 1.807) is 0 Å². The number of aryl methyl sites for hydroxylation is 2. The molecule has 2 heterocycles. The maximum absolute atomic E-state index is 4.52. The highest BCUT2D eigenvalue weighted by Gasteiger charge is 2.23. The monoisotopic (exact) mass is 304 g/mol. The van der Waals surface area contributed by atoms with Crippen LogP contribution >= 0.6 is 15.9 Å². The van der Waals surface area contributed by atoms with Crippen molar-refractivity contribution in [3.05, 3.63) is 51.5 Å². The van der Waals surface area contributed by atoms with Crippen LogP contribution in [-0.2, 0) is 13.0 Å². The molecule has 1 unspecified atom stereocenters.